The van der Waals surface area contributed by atoms with E-state index in [-0.39, 0.29) is 11.7 Å². The molecule has 1 aromatic rings. The molecule has 0 amide bonds. The SMILES string of the molecule is OC(CCC1CCC2(CCCC2)O1)c1ccccc1. The first-order valence-electron chi connectivity index (χ1n) is 7.68. The van der Waals surface area contributed by atoms with Gasteiger partial charge in [0, 0.05) is 0 Å². The van der Waals surface area contributed by atoms with Crippen LogP contribution in [0.25, 0.3) is 0 Å². The summed E-state index contributed by atoms with van der Waals surface area (Å²) in [6, 6.07) is 9.95. The number of aliphatic hydroxyl groups is 1. The third kappa shape index (κ3) is 3.01. The zero-order chi connectivity index (χ0) is 13.1. The molecule has 1 aliphatic carbocycles. The fourth-order valence-corrected chi connectivity index (χ4v) is 3.67. The molecule has 0 radical (unpaired) electrons. The molecule has 2 aliphatic rings. The Morgan fingerprint density at radius 3 is 2.63 bits per heavy atom. The molecule has 3 rings (SSSR count). The van der Waals surface area contributed by atoms with Gasteiger partial charge in [-0.3, -0.25) is 0 Å². The van der Waals surface area contributed by atoms with E-state index in [1.165, 1.54) is 38.5 Å². The topological polar surface area (TPSA) is 29.5 Å². The lowest BCUT2D eigenvalue weighted by atomic mass is 9.97. The first-order chi connectivity index (χ1) is 9.27. The maximum absolute atomic E-state index is 10.2. The summed E-state index contributed by atoms with van der Waals surface area (Å²) in [6.07, 6.45) is 9.42. The predicted molar refractivity (Wildman–Crippen MR) is 75.9 cm³/mol. The smallest absolute Gasteiger partial charge is 0.0791 e. The highest BCUT2D eigenvalue weighted by Crippen LogP contribution is 2.44. The summed E-state index contributed by atoms with van der Waals surface area (Å²) in [6.45, 7) is 0. The maximum Gasteiger partial charge on any atom is 0.0791 e. The van der Waals surface area contributed by atoms with Gasteiger partial charge in [-0.2, -0.15) is 0 Å². The lowest BCUT2D eigenvalue weighted by Gasteiger charge is -2.24. The lowest BCUT2D eigenvalue weighted by Crippen LogP contribution is -2.24. The first kappa shape index (κ1) is 13.1. The van der Waals surface area contributed by atoms with Gasteiger partial charge in [0.2, 0.25) is 0 Å². The molecule has 2 fully saturated rings. The van der Waals surface area contributed by atoms with Crippen molar-refractivity contribution in [3.8, 4) is 0 Å². The summed E-state index contributed by atoms with van der Waals surface area (Å²) < 4.78 is 6.29. The van der Waals surface area contributed by atoms with Crippen LogP contribution in [0, 0.1) is 0 Å². The molecule has 2 heteroatoms. The van der Waals surface area contributed by atoms with Gasteiger partial charge in [0.1, 0.15) is 0 Å². The van der Waals surface area contributed by atoms with Crippen molar-refractivity contribution in [3.05, 3.63) is 35.9 Å². The summed E-state index contributed by atoms with van der Waals surface area (Å²) in [5, 5.41) is 10.2. The summed E-state index contributed by atoms with van der Waals surface area (Å²) in [5.41, 5.74) is 1.25. The molecule has 1 spiro atoms. The van der Waals surface area contributed by atoms with Crippen LogP contribution in [0.5, 0.6) is 0 Å². The predicted octanol–water partition coefficient (Wildman–Crippen LogP) is 3.99. The Morgan fingerprint density at radius 1 is 1.16 bits per heavy atom. The van der Waals surface area contributed by atoms with Crippen molar-refractivity contribution in [2.24, 2.45) is 0 Å². The molecule has 0 aromatic heterocycles. The van der Waals surface area contributed by atoms with Crippen molar-refractivity contribution in [2.75, 3.05) is 0 Å². The Labute approximate surface area is 115 Å². The van der Waals surface area contributed by atoms with Crippen molar-refractivity contribution in [1.82, 2.24) is 0 Å². The van der Waals surface area contributed by atoms with Gasteiger partial charge in [0.05, 0.1) is 17.8 Å². The molecule has 19 heavy (non-hydrogen) atoms. The van der Waals surface area contributed by atoms with Crippen LogP contribution in [-0.4, -0.2) is 16.8 Å². The number of benzene rings is 1. The highest BCUT2D eigenvalue weighted by atomic mass is 16.5. The van der Waals surface area contributed by atoms with Gasteiger partial charge < -0.3 is 9.84 Å². The van der Waals surface area contributed by atoms with Crippen molar-refractivity contribution < 1.29 is 9.84 Å². The van der Waals surface area contributed by atoms with Crippen LogP contribution in [0.1, 0.15) is 63.0 Å². The monoisotopic (exact) mass is 260 g/mol. The number of rotatable bonds is 4. The number of ether oxygens (including phenoxy) is 1. The third-order valence-electron chi connectivity index (χ3n) is 4.80. The second-order valence-electron chi connectivity index (χ2n) is 6.17. The molecule has 1 heterocycles. The van der Waals surface area contributed by atoms with Crippen LogP contribution >= 0.6 is 0 Å². The van der Waals surface area contributed by atoms with E-state index in [9.17, 15) is 5.11 Å². The minimum atomic E-state index is -0.343. The largest absolute Gasteiger partial charge is 0.388 e. The Kier molecular flexibility index (Phi) is 3.90. The summed E-state index contributed by atoms with van der Waals surface area (Å²) in [7, 11) is 0. The average Bonchev–Trinajstić information content (AvgIpc) is 3.08. The summed E-state index contributed by atoms with van der Waals surface area (Å²) >= 11 is 0. The molecular weight excluding hydrogens is 236 g/mol. The first-order valence-corrected chi connectivity index (χ1v) is 7.68. The standard InChI is InChI=1S/C17H24O2/c18-16(14-6-2-1-3-7-14)9-8-15-10-13-17(19-15)11-4-5-12-17/h1-3,6-7,15-16,18H,4-5,8-13H2. The molecule has 1 aromatic carbocycles. The molecule has 1 aliphatic heterocycles. The fraction of sp³-hybridized carbons (Fsp3) is 0.647. The normalized spacial score (nSPS) is 26.9. The minimum Gasteiger partial charge on any atom is -0.388 e. The van der Waals surface area contributed by atoms with E-state index in [4.69, 9.17) is 4.74 Å². The zero-order valence-electron chi connectivity index (χ0n) is 11.6. The van der Waals surface area contributed by atoms with Gasteiger partial charge in [-0.1, -0.05) is 43.2 Å². The maximum atomic E-state index is 10.2. The Morgan fingerprint density at radius 2 is 1.89 bits per heavy atom. The highest BCUT2D eigenvalue weighted by molar-refractivity contribution is 5.17. The molecule has 2 atom stereocenters. The number of hydrogen-bond donors (Lipinski definition) is 1. The van der Waals surface area contributed by atoms with Crippen LogP contribution in [0.2, 0.25) is 0 Å². The Hall–Kier alpha value is -0.860. The van der Waals surface area contributed by atoms with E-state index in [1.807, 2.05) is 30.3 Å². The molecular formula is C17H24O2. The van der Waals surface area contributed by atoms with Gasteiger partial charge in [0.15, 0.2) is 0 Å². The Bertz CT molecular complexity index is 395. The van der Waals surface area contributed by atoms with Gasteiger partial charge in [0.25, 0.3) is 0 Å². The molecule has 104 valence electrons. The van der Waals surface area contributed by atoms with Crippen LogP contribution < -0.4 is 0 Å². The van der Waals surface area contributed by atoms with Gasteiger partial charge in [-0.15, -0.1) is 0 Å². The second kappa shape index (κ2) is 5.64. The van der Waals surface area contributed by atoms with E-state index >= 15 is 0 Å². The zero-order valence-corrected chi connectivity index (χ0v) is 11.6. The minimum absolute atomic E-state index is 0.225. The van der Waals surface area contributed by atoms with Crippen molar-refractivity contribution in [1.29, 1.82) is 0 Å². The second-order valence-corrected chi connectivity index (χ2v) is 6.17. The van der Waals surface area contributed by atoms with E-state index < -0.39 is 0 Å². The van der Waals surface area contributed by atoms with E-state index in [2.05, 4.69) is 0 Å². The molecule has 1 saturated carbocycles. The van der Waals surface area contributed by atoms with Gasteiger partial charge >= 0.3 is 0 Å². The van der Waals surface area contributed by atoms with Crippen molar-refractivity contribution in [2.45, 2.75) is 69.2 Å². The van der Waals surface area contributed by atoms with Crippen LogP contribution in [0.3, 0.4) is 0 Å². The number of aliphatic hydroxyl groups excluding tert-OH is 1. The number of hydrogen-bond acceptors (Lipinski definition) is 2. The van der Waals surface area contributed by atoms with Crippen molar-refractivity contribution >= 4 is 0 Å². The van der Waals surface area contributed by atoms with E-state index in [0.29, 0.717) is 6.10 Å². The van der Waals surface area contributed by atoms with E-state index in [1.54, 1.807) is 0 Å². The molecule has 2 nitrogen and oxygen atoms in total. The Balaban J connectivity index is 1.48. The van der Waals surface area contributed by atoms with Gasteiger partial charge in [-0.25, -0.2) is 0 Å². The summed E-state index contributed by atoms with van der Waals surface area (Å²) in [5.74, 6) is 0. The van der Waals surface area contributed by atoms with Gasteiger partial charge in [-0.05, 0) is 44.1 Å². The fourth-order valence-electron chi connectivity index (χ4n) is 3.67. The highest BCUT2D eigenvalue weighted by Gasteiger charge is 2.41. The summed E-state index contributed by atoms with van der Waals surface area (Å²) in [4.78, 5) is 0. The van der Waals surface area contributed by atoms with E-state index in [0.717, 1.165) is 18.4 Å². The third-order valence-corrected chi connectivity index (χ3v) is 4.80. The molecule has 1 N–H and O–H groups in total. The lowest BCUT2D eigenvalue weighted by molar-refractivity contribution is -0.0429. The van der Waals surface area contributed by atoms with Crippen LogP contribution in [0.15, 0.2) is 30.3 Å². The molecule has 1 saturated heterocycles. The average molecular weight is 260 g/mol. The quantitative estimate of drug-likeness (QED) is 0.887. The van der Waals surface area contributed by atoms with Crippen molar-refractivity contribution in [3.63, 3.8) is 0 Å². The van der Waals surface area contributed by atoms with Crippen LogP contribution in [-0.2, 0) is 4.74 Å². The molecule has 0 bridgehead atoms. The molecule has 2 unspecified atom stereocenters. The van der Waals surface area contributed by atoms with Crippen LogP contribution in [0.4, 0.5) is 0 Å².